The first kappa shape index (κ1) is 18.7. The van der Waals surface area contributed by atoms with Crippen molar-refractivity contribution in [3.8, 4) is 0 Å². The second kappa shape index (κ2) is 5.69. The third-order valence-corrected chi connectivity index (χ3v) is 4.04. The van der Waals surface area contributed by atoms with Crippen LogP contribution in [0.25, 0.3) is 0 Å². The van der Waals surface area contributed by atoms with Crippen LogP contribution in [0.3, 0.4) is 0 Å². The minimum absolute atomic E-state index is 0.0807. The van der Waals surface area contributed by atoms with E-state index in [-0.39, 0.29) is 6.07 Å². The third kappa shape index (κ3) is 2.88. The molecule has 0 radical (unpaired) electrons. The molecule has 1 unspecified atom stereocenters. The number of hydrogen-bond donors (Lipinski definition) is 1. The van der Waals surface area contributed by atoms with E-state index in [2.05, 4.69) is 0 Å². The van der Waals surface area contributed by atoms with E-state index in [1.165, 1.54) is 0 Å². The van der Waals surface area contributed by atoms with Crippen molar-refractivity contribution in [3.63, 3.8) is 0 Å². The first-order valence-electron chi connectivity index (χ1n) is 6.19. The summed E-state index contributed by atoms with van der Waals surface area (Å²) in [6.45, 7) is 0. The lowest BCUT2D eigenvalue weighted by Crippen LogP contribution is -2.55. The van der Waals surface area contributed by atoms with Gasteiger partial charge < -0.3 is 5.11 Å². The van der Waals surface area contributed by atoms with Gasteiger partial charge in [-0.1, -0.05) is 12.1 Å². The second-order valence-electron chi connectivity index (χ2n) is 4.87. The Kier molecular flexibility index (Phi) is 4.43. The Labute approximate surface area is 134 Å². The lowest BCUT2D eigenvalue weighted by atomic mass is 9.81. The van der Waals surface area contributed by atoms with E-state index >= 15 is 0 Å². The number of halogens is 8. The molecule has 0 fully saturated rings. The summed E-state index contributed by atoms with van der Waals surface area (Å²) in [4.78, 5) is 0. The monoisotopic (exact) mass is 376 g/mol. The lowest BCUT2D eigenvalue weighted by Gasteiger charge is -2.37. The van der Waals surface area contributed by atoms with Gasteiger partial charge in [0.2, 0.25) is 0 Å². The topological polar surface area (TPSA) is 20.2 Å². The van der Waals surface area contributed by atoms with Gasteiger partial charge in [-0.3, -0.25) is 0 Å². The van der Waals surface area contributed by atoms with Gasteiger partial charge in [-0.15, -0.1) is 0 Å². The average molecular weight is 376 g/mol. The van der Waals surface area contributed by atoms with Crippen molar-refractivity contribution in [2.75, 3.05) is 0 Å². The molecule has 0 saturated carbocycles. The summed E-state index contributed by atoms with van der Waals surface area (Å²) in [6.07, 6.45) is -11.2. The average Bonchev–Trinajstić information content (AvgIpc) is 2.98. The zero-order valence-corrected chi connectivity index (χ0v) is 12.2. The molecule has 0 amide bonds. The molecule has 0 spiro atoms. The third-order valence-electron chi connectivity index (χ3n) is 3.36. The van der Waals surface area contributed by atoms with Crippen LogP contribution in [0.4, 0.5) is 35.1 Å². The summed E-state index contributed by atoms with van der Waals surface area (Å²) in [5.74, 6) is -5.72. The molecule has 2 aromatic rings. The van der Waals surface area contributed by atoms with Gasteiger partial charge in [0.05, 0.1) is 5.56 Å². The van der Waals surface area contributed by atoms with E-state index in [0.717, 1.165) is 16.8 Å². The van der Waals surface area contributed by atoms with Gasteiger partial charge in [0.1, 0.15) is 0 Å². The minimum atomic E-state index is -6.18. The number of benzene rings is 1. The van der Waals surface area contributed by atoms with E-state index in [9.17, 15) is 40.2 Å². The normalized spacial score (nSPS) is 16.0. The minimum Gasteiger partial charge on any atom is -0.374 e. The predicted octanol–water partition coefficient (Wildman–Crippen LogP) is 5.20. The van der Waals surface area contributed by atoms with Crippen molar-refractivity contribution in [2.45, 2.75) is 23.9 Å². The predicted molar refractivity (Wildman–Crippen MR) is 69.8 cm³/mol. The fourth-order valence-electron chi connectivity index (χ4n) is 2.13. The molecule has 132 valence electrons. The van der Waals surface area contributed by atoms with Crippen LogP contribution in [0.15, 0.2) is 41.1 Å². The summed E-state index contributed by atoms with van der Waals surface area (Å²) >= 11 is 0.715. The van der Waals surface area contributed by atoms with E-state index < -0.39 is 40.6 Å². The quantitative estimate of drug-likeness (QED) is 0.730. The maximum absolute atomic E-state index is 14.0. The van der Waals surface area contributed by atoms with Crippen molar-refractivity contribution in [3.05, 3.63) is 57.8 Å². The molecule has 2 rings (SSSR count). The van der Waals surface area contributed by atoms with Crippen molar-refractivity contribution < 1.29 is 40.2 Å². The summed E-state index contributed by atoms with van der Waals surface area (Å²) < 4.78 is 105. The molecule has 1 N–H and O–H groups in total. The van der Waals surface area contributed by atoms with E-state index in [4.69, 9.17) is 0 Å². The number of aliphatic hydroxyl groups is 1. The highest BCUT2D eigenvalue weighted by Gasteiger charge is 2.71. The van der Waals surface area contributed by atoms with Gasteiger partial charge >= 0.3 is 18.3 Å². The Balaban J connectivity index is 2.75. The first-order valence-corrected chi connectivity index (χ1v) is 7.13. The van der Waals surface area contributed by atoms with Gasteiger partial charge in [0.25, 0.3) is 0 Å². The van der Waals surface area contributed by atoms with Crippen LogP contribution in [0, 0.1) is 0 Å². The SMILES string of the molecule is OC(c1ccsc1)(c1cccc(C(F)(F)F)c1)C(F)(F)C(F)(F)F. The van der Waals surface area contributed by atoms with Crippen LogP contribution in [0.5, 0.6) is 0 Å². The molecule has 0 bridgehead atoms. The summed E-state index contributed by atoms with van der Waals surface area (Å²) in [6, 6.07) is 2.62. The van der Waals surface area contributed by atoms with Gasteiger partial charge in [-0.2, -0.15) is 46.5 Å². The number of thiophene rings is 1. The van der Waals surface area contributed by atoms with Gasteiger partial charge in [0.15, 0.2) is 5.60 Å². The van der Waals surface area contributed by atoms with Gasteiger partial charge in [-0.05, 0) is 34.5 Å². The highest BCUT2D eigenvalue weighted by atomic mass is 32.1. The molecule has 1 heterocycles. The molecular formula is C14H8F8OS. The van der Waals surface area contributed by atoms with Crippen LogP contribution >= 0.6 is 11.3 Å². The largest absolute Gasteiger partial charge is 0.457 e. The second-order valence-corrected chi connectivity index (χ2v) is 5.65. The van der Waals surface area contributed by atoms with Crippen molar-refractivity contribution in [2.24, 2.45) is 0 Å². The molecule has 1 aromatic carbocycles. The Morgan fingerprint density at radius 1 is 0.792 bits per heavy atom. The molecule has 24 heavy (non-hydrogen) atoms. The fourth-order valence-corrected chi connectivity index (χ4v) is 2.82. The van der Waals surface area contributed by atoms with Crippen LogP contribution in [-0.2, 0) is 11.8 Å². The Morgan fingerprint density at radius 2 is 1.38 bits per heavy atom. The molecule has 1 nitrogen and oxygen atoms in total. The Morgan fingerprint density at radius 3 is 1.83 bits per heavy atom. The summed E-state index contributed by atoms with van der Waals surface area (Å²) in [5.41, 5.74) is -7.51. The number of hydrogen-bond acceptors (Lipinski definition) is 2. The number of alkyl halides is 8. The summed E-state index contributed by atoms with van der Waals surface area (Å²) in [5, 5.41) is 12.2. The molecular weight excluding hydrogens is 368 g/mol. The maximum Gasteiger partial charge on any atom is 0.457 e. The van der Waals surface area contributed by atoms with Crippen molar-refractivity contribution in [1.82, 2.24) is 0 Å². The molecule has 0 saturated heterocycles. The molecule has 0 aliphatic rings. The Bertz CT molecular complexity index is 704. The maximum atomic E-state index is 14.0. The molecule has 0 aliphatic heterocycles. The van der Waals surface area contributed by atoms with E-state index in [1.807, 2.05) is 0 Å². The van der Waals surface area contributed by atoms with E-state index in [0.29, 0.717) is 29.5 Å². The van der Waals surface area contributed by atoms with Gasteiger partial charge in [-0.25, -0.2) is 0 Å². The standard InChI is InChI=1S/C14H8F8OS/c15-12(16,17)9-3-1-2-8(6-9)11(23,10-4-5-24-7-10)13(18,19)14(20,21)22/h1-7,23H. The van der Waals surface area contributed by atoms with E-state index in [1.54, 1.807) is 0 Å². The van der Waals surface area contributed by atoms with Crippen LogP contribution < -0.4 is 0 Å². The highest BCUT2D eigenvalue weighted by Crippen LogP contribution is 2.52. The first-order chi connectivity index (χ1) is 10.8. The van der Waals surface area contributed by atoms with Crippen LogP contribution in [0.1, 0.15) is 16.7 Å². The van der Waals surface area contributed by atoms with Crippen LogP contribution in [-0.4, -0.2) is 17.2 Å². The Hall–Kier alpha value is -1.68. The molecule has 0 aliphatic carbocycles. The zero-order valence-electron chi connectivity index (χ0n) is 11.4. The summed E-state index contributed by atoms with van der Waals surface area (Å²) in [7, 11) is 0. The van der Waals surface area contributed by atoms with Crippen molar-refractivity contribution >= 4 is 11.3 Å². The smallest absolute Gasteiger partial charge is 0.374 e. The van der Waals surface area contributed by atoms with Crippen molar-refractivity contribution in [1.29, 1.82) is 0 Å². The highest BCUT2D eigenvalue weighted by molar-refractivity contribution is 7.08. The fraction of sp³-hybridized carbons (Fsp3) is 0.286. The lowest BCUT2D eigenvalue weighted by molar-refractivity contribution is -0.336. The molecule has 1 atom stereocenters. The molecule has 10 heteroatoms. The zero-order chi connectivity index (χ0) is 18.4. The van der Waals surface area contributed by atoms with Crippen LogP contribution in [0.2, 0.25) is 0 Å². The molecule has 1 aromatic heterocycles. The van der Waals surface area contributed by atoms with Gasteiger partial charge in [0, 0.05) is 5.56 Å². The number of rotatable bonds is 3.